The highest BCUT2D eigenvalue weighted by Gasteiger charge is 2.08. The minimum absolute atomic E-state index is 0.535. The third-order valence-electron chi connectivity index (χ3n) is 3.63. The van der Waals surface area contributed by atoms with E-state index in [0.717, 1.165) is 22.3 Å². The van der Waals surface area contributed by atoms with Gasteiger partial charge in [-0.25, -0.2) is 0 Å². The second-order valence-electron chi connectivity index (χ2n) is 5.14. The topological polar surface area (TPSA) is 32.6 Å². The zero-order chi connectivity index (χ0) is 15.9. The van der Waals surface area contributed by atoms with E-state index in [9.17, 15) is 5.21 Å². The van der Waals surface area contributed by atoms with Crippen LogP contribution in [-0.4, -0.2) is 10.9 Å². The summed E-state index contributed by atoms with van der Waals surface area (Å²) in [7, 11) is 0. The molecule has 0 saturated carbocycles. The molecule has 0 radical (unpaired) electrons. The van der Waals surface area contributed by atoms with Gasteiger partial charge in [0.1, 0.15) is 5.71 Å². The Labute approximate surface area is 136 Å². The summed E-state index contributed by atoms with van der Waals surface area (Å²) in [6, 6.07) is 29.9. The van der Waals surface area contributed by atoms with Crippen molar-refractivity contribution in [3.05, 3.63) is 114 Å². The van der Waals surface area contributed by atoms with E-state index < -0.39 is 0 Å². The van der Waals surface area contributed by atoms with Crippen molar-refractivity contribution < 1.29 is 5.21 Å². The molecule has 0 aliphatic carbocycles. The van der Waals surface area contributed by atoms with Gasteiger partial charge in [0.05, 0.1) is 0 Å². The molecule has 0 unspecified atom stereocenters. The van der Waals surface area contributed by atoms with Crippen molar-refractivity contribution in [3.8, 4) is 0 Å². The van der Waals surface area contributed by atoms with Crippen LogP contribution in [0.2, 0.25) is 0 Å². The lowest BCUT2D eigenvalue weighted by molar-refractivity contribution is 0.320. The lowest BCUT2D eigenvalue weighted by Crippen LogP contribution is -1.99. The zero-order valence-corrected chi connectivity index (χ0v) is 12.6. The first-order chi connectivity index (χ1) is 11.4. The molecule has 0 aliphatic heterocycles. The first kappa shape index (κ1) is 14.8. The Hall–Kier alpha value is -3.13. The number of nitrogens with zero attached hydrogens (tertiary/aromatic N) is 1. The number of hydrogen-bond donors (Lipinski definition) is 1. The summed E-state index contributed by atoms with van der Waals surface area (Å²) in [5.74, 6) is 0. The van der Waals surface area contributed by atoms with Crippen LogP contribution in [0.25, 0.3) is 5.57 Å². The Morgan fingerprint density at radius 2 is 1.00 bits per heavy atom. The fraction of sp³-hybridized carbons (Fsp3) is 0. The zero-order valence-electron chi connectivity index (χ0n) is 12.6. The van der Waals surface area contributed by atoms with Gasteiger partial charge >= 0.3 is 0 Å². The largest absolute Gasteiger partial charge is 0.410 e. The molecule has 0 heterocycles. The molecule has 112 valence electrons. The number of benzene rings is 3. The summed E-state index contributed by atoms with van der Waals surface area (Å²) in [6.45, 7) is 0. The van der Waals surface area contributed by atoms with E-state index in [-0.39, 0.29) is 0 Å². The van der Waals surface area contributed by atoms with Gasteiger partial charge in [0, 0.05) is 5.56 Å². The van der Waals surface area contributed by atoms with Crippen LogP contribution in [0.4, 0.5) is 0 Å². The molecular formula is C21H17NO. The highest BCUT2D eigenvalue weighted by atomic mass is 16.4. The van der Waals surface area contributed by atoms with Gasteiger partial charge in [-0.1, -0.05) is 96.2 Å². The minimum atomic E-state index is 0.535. The van der Waals surface area contributed by atoms with Crippen molar-refractivity contribution >= 4 is 11.3 Å². The number of hydrogen-bond acceptors (Lipinski definition) is 2. The van der Waals surface area contributed by atoms with Crippen molar-refractivity contribution in [1.29, 1.82) is 0 Å². The van der Waals surface area contributed by atoms with Crippen LogP contribution < -0.4 is 0 Å². The van der Waals surface area contributed by atoms with Crippen LogP contribution in [0.1, 0.15) is 16.7 Å². The van der Waals surface area contributed by atoms with Gasteiger partial charge in [0.15, 0.2) is 0 Å². The van der Waals surface area contributed by atoms with Crippen LogP contribution in [0.5, 0.6) is 0 Å². The van der Waals surface area contributed by atoms with Gasteiger partial charge in [-0.2, -0.15) is 0 Å². The summed E-state index contributed by atoms with van der Waals surface area (Å²) in [4.78, 5) is 0. The predicted octanol–water partition coefficient (Wildman–Crippen LogP) is 5.00. The van der Waals surface area contributed by atoms with Crippen LogP contribution in [0.3, 0.4) is 0 Å². The van der Waals surface area contributed by atoms with Gasteiger partial charge in [-0.3, -0.25) is 0 Å². The summed E-state index contributed by atoms with van der Waals surface area (Å²) in [5, 5.41) is 13.0. The van der Waals surface area contributed by atoms with Crippen LogP contribution in [0.15, 0.2) is 102 Å². The van der Waals surface area contributed by atoms with E-state index in [4.69, 9.17) is 0 Å². The molecule has 23 heavy (non-hydrogen) atoms. The molecule has 0 spiro atoms. The summed E-state index contributed by atoms with van der Waals surface area (Å²) < 4.78 is 0. The maximum absolute atomic E-state index is 9.47. The number of oxime groups is 1. The first-order valence-electron chi connectivity index (χ1n) is 7.48. The Morgan fingerprint density at radius 1 is 0.609 bits per heavy atom. The van der Waals surface area contributed by atoms with Gasteiger partial charge in [-0.15, -0.1) is 0 Å². The van der Waals surface area contributed by atoms with Crippen molar-refractivity contribution in [3.63, 3.8) is 0 Å². The molecule has 1 N–H and O–H groups in total. The second kappa shape index (κ2) is 7.23. The second-order valence-corrected chi connectivity index (χ2v) is 5.14. The quantitative estimate of drug-likeness (QED) is 0.410. The maximum Gasteiger partial charge on any atom is 0.110 e. The van der Waals surface area contributed by atoms with Crippen LogP contribution in [-0.2, 0) is 0 Å². The first-order valence-corrected chi connectivity index (χ1v) is 7.48. The molecule has 3 aromatic rings. The fourth-order valence-electron chi connectivity index (χ4n) is 2.48. The van der Waals surface area contributed by atoms with Crippen molar-refractivity contribution in [2.24, 2.45) is 5.16 Å². The molecule has 0 atom stereocenters. The van der Waals surface area contributed by atoms with E-state index in [1.165, 1.54) is 0 Å². The monoisotopic (exact) mass is 299 g/mol. The molecule has 2 nitrogen and oxygen atoms in total. The average molecular weight is 299 g/mol. The smallest absolute Gasteiger partial charge is 0.110 e. The molecule has 3 aromatic carbocycles. The Balaban J connectivity index is 2.12. The third-order valence-corrected chi connectivity index (χ3v) is 3.63. The predicted molar refractivity (Wildman–Crippen MR) is 94.7 cm³/mol. The van der Waals surface area contributed by atoms with E-state index in [2.05, 4.69) is 29.4 Å². The van der Waals surface area contributed by atoms with E-state index in [0.29, 0.717) is 5.71 Å². The molecule has 3 rings (SSSR count). The van der Waals surface area contributed by atoms with Crippen molar-refractivity contribution in [2.75, 3.05) is 0 Å². The molecule has 0 saturated heterocycles. The number of allylic oxidation sites excluding steroid dienone is 1. The lowest BCUT2D eigenvalue weighted by Gasteiger charge is -2.09. The van der Waals surface area contributed by atoms with E-state index >= 15 is 0 Å². The summed E-state index contributed by atoms with van der Waals surface area (Å²) >= 11 is 0. The molecule has 0 aliphatic rings. The number of rotatable bonds is 4. The normalized spacial score (nSPS) is 11.0. The van der Waals surface area contributed by atoms with Crippen molar-refractivity contribution in [1.82, 2.24) is 0 Å². The maximum atomic E-state index is 9.47. The molecule has 0 aromatic heterocycles. The van der Waals surface area contributed by atoms with Gasteiger partial charge < -0.3 is 5.21 Å². The third kappa shape index (κ3) is 3.55. The SMILES string of the molecule is ON=C(C=C(c1ccccc1)c1ccccc1)c1ccccc1. The Kier molecular flexibility index (Phi) is 4.65. The van der Waals surface area contributed by atoms with Crippen LogP contribution >= 0.6 is 0 Å². The van der Waals surface area contributed by atoms with Crippen molar-refractivity contribution in [2.45, 2.75) is 0 Å². The molecule has 2 heteroatoms. The highest BCUT2D eigenvalue weighted by Crippen LogP contribution is 2.24. The fourth-order valence-corrected chi connectivity index (χ4v) is 2.48. The van der Waals surface area contributed by atoms with E-state index in [1.807, 2.05) is 72.8 Å². The summed E-state index contributed by atoms with van der Waals surface area (Å²) in [6.07, 6.45) is 1.92. The molecular weight excluding hydrogens is 282 g/mol. The Morgan fingerprint density at radius 3 is 1.39 bits per heavy atom. The van der Waals surface area contributed by atoms with Gasteiger partial charge in [-0.05, 0) is 22.8 Å². The highest BCUT2D eigenvalue weighted by molar-refractivity contribution is 6.13. The summed E-state index contributed by atoms with van der Waals surface area (Å²) in [5.41, 5.74) is 4.59. The average Bonchev–Trinajstić information content (AvgIpc) is 2.65. The standard InChI is InChI=1S/C21H17NO/c23-22-21(19-14-8-3-9-15-19)16-20(17-10-4-1-5-11-17)18-12-6-2-7-13-18/h1-16,23H. The van der Waals surface area contributed by atoms with E-state index in [1.54, 1.807) is 0 Å². The molecule has 0 fully saturated rings. The van der Waals surface area contributed by atoms with Gasteiger partial charge in [0.2, 0.25) is 0 Å². The minimum Gasteiger partial charge on any atom is -0.410 e. The van der Waals surface area contributed by atoms with Crippen LogP contribution in [0, 0.1) is 0 Å². The Bertz CT molecular complexity index is 765. The van der Waals surface area contributed by atoms with Gasteiger partial charge in [0.25, 0.3) is 0 Å². The molecule has 0 amide bonds. The lowest BCUT2D eigenvalue weighted by atomic mass is 9.95. The molecule has 0 bridgehead atoms.